The molecule has 20 heavy (non-hydrogen) atoms. The van der Waals surface area contributed by atoms with Crippen molar-refractivity contribution in [1.82, 2.24) is 4.90 Å². The molecule has 0 spiro atoms. The number of nitrogens with zero attached hydrogens (tertiary/aromatic N) is 1. The largest absolute Gasteiger partial charge is 0.389 e. The Morgan fingerprint density at radius 2 is 2.05 bits per heavy atom. The van der Waals surface area contributed by atoms with E-state index in [1.807, 2.05) is 0 Å². The van der Waals surface area contributed by atoms with Crippen molar-refractivity contribution in [2.24, 2.45) is 17.6 Å². The van der Waals surface area contributed by atoms with Crippen LogP contribution in [0.15, 0.2) is 18.2 Å². The Labute approximate surface area is 126 Å². The van der Waals surface area contributed by atoms with E-state index in [1.54, 1.807) is 6.07 Å². The first-order valence-electron chi connectivity index (χ1n) is 7.28. The lowest BCUT2D eigenvalue weighted by Gasteiger charge is -2.34. The maximum Gasteiger partial charge on any atom is 0.123 e. The van der Waals surface area contributed by atoms with E-state index in [0.717, 1.165) is 37.0 Å². The zero-order valence-electron chi connectivity index (χ0n) is 12.2. The third-order valence-electron chi connectivity index (χ3n) is 4.31. The molecule has 2 nitrogen and oxygen atoms in total. The minimum atomic E-state index is -0.282. The summed E-state index contributed by atoms with van der Waals surface area (Å²) in [5.41, 5.74) is 7.40. The molecule has 1 aromatic rings. The molecule has 1 aliphatic heterocycles. The smallest absolute Gasteiger partial charge is 0.123 e. The molecule has 2 rings (SSSR count). The number of piperidine rings is 1. The lowest BCUT2D eigenvalue weighted by molar-refractivity contribution is 0.152. The SMILES string of the molecule is CC(C)C1CCN(Cc2ccc(F)cc2C(N)=S)CC1. The van der Waals surface area contributed by atoms with E-state index in [1.165, 1.54) is 25.0 Å². The molecule has 2 N–H and O–H groups in total. The molecule has 0 bridgehead atoms. The quantitative estimate of drug-likeness (QED) is 0.864. The number of hydrogen-bond donors (Lipinski definition) is 1. The molecule has 4 heteroatoms. The lowest BCUT2D eigenvalue weighted by Crippen LogP contribution is -2.35. The Morgan fingerprint density at radius 3 is 2.60 bits per heavy atom. The molecule has 1 aliphatic rings. The van der Waals surface area contributed by atoms with Gasteiger partial charge in [-0.15, -0.1) is 0 Å². The van der Waals surface area contributed by atoms with E-state index >= 15 is 0 Å². The maximum atomic E-state index is 13.3. The Morgan fingerprint density at radius 1 is 1.40 bits per heavy atom. The summed E-state index contributed by atoms with van der Waals surface area (Å²) in [6, 6.07) is 4.73. The average Bonchev–Trinajstić information content (AvgIpc) is 2.41. The predicted molar refractivity (Wildman–Crippen MR) is 85.1 cm³/mol. The van der Waals surface area contributed by atoms with Crippen LogP contribution < -0.4 is 5.73 Å². The van der Waals surface area contributed by atoms with Gasteiger partial charge in [0.1, 0.15) is 10.8 Å². The normalized spacial score (nSPS) is 17.6. The van der Waals surface area contributed by atoms with Crippen LogP contribution >= 0.6 is 12.2 Å². The van der Waals surface area contributed by atoms with E-state index in [9.17, 15) is 4.39 Å². The van der Waals surface area contributed by atoms with Gasteiger partial charge in [-0.25, -0.2) is 4.39 Å². The predicted octanol–water partition coefficient (Wildman–Crippen LogP) is 3.33. The fourth-order valence-electron chi connectivity index (χ4n) is 2.93. The van der Waals surface area contributed by atoms with E-state index < -0.39 is 0 Å². The van der Waals surface area contributed by atoms with Crippen LogP contribution in [-0.2, 0) is 6.54 Å². The van der Waals surface area contributed by atoms with E-state index in [-0.39, 0.29) is 10.8 Å². The van der Waals surface area contributed by atoms with Crippen LogP contribution in [0.2, 0.25) is 0 Å². The first kappa shape index (κ1) is 15.4. The molecule has 0 atom stereocenters. The average molecular weight is 294 g/mol. The summed E-state index contributed by atoms with van der Waals surface area (Å²) in [5, 5.41) is 0. The summed E-state index contributed by atoms with van der Waals surface area (Å²) >= 11 is 5.02. The van der Waals surface area contributed by atoms with E-state index in [2.05, 4.69) is 18.7 Å². The van der Waals surface area contributed by atoms with Crippen molar-refractivity contribution in [3.63, 3.8) is 0 Å². The van der Waals surface area contributed by atoms with Gasteiger partial charge in [0.2, 0.25) is 0 Å². The number of likely N-dealkylation sites (tertiary alicyclic amines) is 1. The second kappa shape index (κ2) is 6.64. The highest BCUT2D eigenvalue weighted by Gasteiger charge is 2.22. The summed E-state index contributed by atoms with van der Waals surface area (Å²) in [7, 11) is 0. The Bertz CT molecular complexity index is 479. The minimum Gasteiger partial charge on any atom is -0.389 e. The molecule has 0 unspecified atom stereocenters. The summed E-state index contributed by atoms with van der Waals surface area (Å²) in [6.07, 6.45) is 2.47. The molecule has 0 aromatic heterocycles. The monoisotopic (exact) mass is 294 g/mol. The van der Waals surface area contributed by atoms with Gasteiger partial charge in [-0.2, -0.15) is 0 Å². The highest BCUT2D eigenvalue weighted by Crippen LogP contribution is 2.25. The van der Waals surface area contributed by atoms with Crippen molar-refractivity contribution < 1.29 is 4.39 Å². The van der Waals surface area contributed by atoms with Gasteiger partial charge in [-0.05, 0) is 55.5 Å². The van der Waals surface area contributed by atoms with Gasteiger partial charge in [-0.3, -0.25) is 4.90 Å². The molecule has 0 amide bonds. The van der Waals surface area contributed by atoms with Gasteiger partial charge in [0.25, 0.3) is 0 Å². The van der Waals surface area contributed by atoms with Crippen molar-refractivity contribution in [3.05, 3.63) is 35.1 Å². The van der Waals surface area contributed by atoms with Crippen molar-refractivity contribution in [3.8, 4) is 0 Å². The number of halogens is 1. The highest BCUT2D eigenvalue weighted by atomic mass is 32.1. The summed E-state index contributed by atoms with van der Waals surface area (Å²) in [6.45, 7) is 7.59. The molecule has 0 radical (unpaired) electrons. The van der Waals surface area contributed by atoms with Gasteiger partial charge < -0.3 is 5.73 Å². The molecule has 0 aliphatic carbocycles. The number of benzene rings is 1. The van der Waals surface area contributed by atoms with Crippen LogP contribution in [0.5, 0.6) is 0 Å². The Hall–Kier alpha value is -1.00. The van der Waals surface area contributed by atoms with Crippen LogP contribution in [-0.4, -0.2) is 23.0 Å². The molecule has 1 heterocycles. The first-order chi connectivity index (χ1) is 9.47. The standard InChI is InChI=1S/C16H23FN2S/c1-11(2)12-5-7-19(8-6-12)10-13-3-4-14(17)9-15(13)16(18)20/h3-4,9,11-12H,5-8,10H2,1-2H3,(H2,18,20). The van der Waals surface area contributed by atoms with Crippen LogP contribution in [0.25, 0.3) is 0 Å². The van der Waals surface area contributed by atoms with Gasteiger partial charge >= 0.3 is 0 Å². The molecule has 1 fully saturated rings. The minimum absolute atomic E-state index is 0.275. The number of hydrogen-bond acceptors (Lipinski definition) is 2. The second-order valence-electron chi connectivity index (χ2n) is 6.02. The van der Waals surface area contributed by atoms with Gasteiger partial charge in [0, 0.05) is 12.1 Å². The molecule has 110 valence electrons. The number of thiocarbonyl (C=S) groups is 1. The molecule has 0 saturated carbocycles. The van der Waals surface area contributed by atoms with Crippen molar-refractivity contribution in [2.45, 2.75) is 33.2 Å². The van der Waals surface area contributed by atoms with Crippen molar-refractivity contribution in [2.75, 3.05) is 13.1 Å². The van der Waals surface area contributed by atoms with E-state index in [4.69, 9.17) is 18.0 Å². The van der Waals surface area contributed by atoms with Crippen molar-refractivity contribution >= 4 is 17.2 Å². The zero-order valence-corrected chi connectivity index (χ0v) is 13.0. The lowest BCUT2D eigenvalue weighted by atomic mass is 9.86. The zero-order chi connectivity index (χ0) is 14.7. The fraction of sp³-hybridized carbons (Fsp3) is 0.562. The molecule has 1 aromatic carbocycles. The Balaban J connectivity index is 2.03. The van der Waals surface area contributed by atoms with Crippen LogP contribution in [0.4, 0.5) is 4.39 Å². The molecular formula is C16H23FN2S. The summed E-state index contributed by atoms with van der Waals surface area (Å²) in [5.74, 6) is 1.31. The maximum absolute atomic E-state index is 13.3. The topological polar surface area (TPSA) is 29.3 Å². The molecule has 1 saturated heterocycles. The van der Waals surface area contributed by atoms with Gasteiger partial charge in [0.05, 0.1) is 0 Å². The van der Waals surface area contributed by atoms with Gasteiger partial charge in [0.15, 0.2) is 0 Å². The first-order valence-corrected chi connectivity index (χ1v) is 7.68. The third-order valence-corrected chi connectivity index (χ3v) is 4.53. The van der Waals surface area contributed by atoms with Crippen LogP contribution in [0, 0.1) is 17.7 Å². The van der Waals surface area contributed by atoms with Crippen LogP contribution in [0.3, 0.4) is 0 Å². The van der Waals surface area contributed by atoms with Crippen LogP contribution in [0.1, 0.15) is 37.8 Å². The highest BCUT2D eigenvalue weighted by molar-refractivity contribution is 7.80. The van der Waals surface area contributed by atoms with Gasteiger partial charge in [-0.1, -0.05) is 32.1 Å². The number of nitrogens with two attached hydrogens (primary N) is 1. The Kier molecular flexibility index (Phi) is 5.11. The third kappa shape index (κ3) is 3.76. The summed E-state index contributed by atoms with van der Waals surface area (Å²) in [4.78, 5) is 2.69. The van der Waals surface area contributed by atoms with E-state index in [0.29, 0.717) is 5.56 Å². The van der Waals surface area contributed by atoms with Crippen molar-refractivity contribution in [1.29, 1.82) is 0 Å². The molecular weight excluding hydrogens is 271 g/mol. The summed E-state index contributed by atoms with van der Waals surface area (Å²) < 4.78 is 13.3. The fourth-order valence-corrected chi connectivity index (χ4v) is 3.12. The second-order valence-corrected chi connectivity index (χ2v) is 6.46. The number of rotatable bonds is 4.